The SMILES string of the molecule is CCn1ccc[n+]1CCCN.[Br-]. The van der Waals surface area contributed by atoms with Crippen molar-refractivity contribution in [1.82, 2.24) is 4.68 Å². The molecule has 70 valence electrons. The van der Waals surface area contributed by atoms with Crippen molar-refractivity contribution >= 4 is 0 Å². The molecule has 0 aliphatic rings. The first-order valence-corrected chi connectivity index (χ1v) is 4.13. The Balaban J connectivity index is 0.00000121. The molecule has 1 rings (SSSR count). The second-order valence-electron chi connectivity index (χ2n) is 2.55. The summed E-state index contributed by atoms with van der Waals surface area (Å²) in [6.07, 6.45) is 5.21. The highest BCUT2D eigenvalue weighted by molar-refractivity contribution is 4.70. The highest BCUT2D eigenvalue weighted by Gasteiger charge is 2.03. The highest BCUT2D eigenvalue weighted by atomic mass is 79.9. The molecule has 0 spiro atoms. The molecule has 0 saturated heterocycles. The van der Waals surface area contributed by atoms with Crippen LogP contribution in [0.25, 0.3) is 0 Å². The van der Waals surface area contributed by atoms with E-state index in [1.54, 1.807) is 0 Å². The van der Waals surface area contributed by atoms with Gasteiger partial charge in [-0.05, 0) is 13.5 Å². The molecule has 0 radical (unpaired) electrons. The van der Waals surface area contributed by atoms with Crippen LogP contribution in [0.5, 0.6) is 0 Å². The van der Waals surface area contributed by atoms with Crippen molar-refractivity contribution in [1.29, 1.82) is 0 Å². The van der Waals surface area contributed by atoms with Crippen LogP contribution in [0, 0.1) is 0 Å². The average molecular weight is 234 g/mol. The zero-order valence-corrected chi connectivity index (χ0v) is 9.00. The molecule has 0 saturated carbocycles. The maximum Gasteiger partial charge on any atom is 0.195 e. The summed E-state index contributed by atoms with van der Waals surface area (Å²) in [5.41, 5.74) is 5.41. The summed E-state index contributed by atoms with van der Waals surface area (Å²) in [7, 11) is 0. The first-order chi connectivity index (χ1) is 5.38. The number of hydrogen-bond donors (Lipinski definition) is 1. The molecular formula is C8H16BrN3. The summed E-state index contributed by atoms with van der Waals surface area (Å²) in [4.78, 5) is 0. The van der Waals surface area contributed by atoms with Crippen molar-refractivity contribution in [3.8, 4) is 0 Å². The van der Waals surface area contributed by atoms with Crippen molar-refractivity contribution in [2.24, 2.45) is 5.73 Å². The standard InChI is InChI=1S/C8H16N3.BrH/c1-2-10-7-4-8-11(10)6-3-5-9;/h4,7-8H,2-3,5-6,9H2,1H3;1H/q+1;/p-1. The third-order valence-electron chi connectivity index (χ3n) is 1.76. The van der Waals surface area contributed by atoms with Crippen LogP contribution in [0.2, 0.25) is 0 Å². The van der Waals surface area contributed by atoms with Crippen molar-refractivity contribution in [3.63, 3.8) is 0 Å². The summed E-state index contributed by atoms with van der Waals surface area (Å²) in [5.74, 6) is 0. The lowest BCUT2D eigenvalue weighted by Crippen LogP contribution is -3.00. The van der Waals surface area contributed by atoms with Gasteiger partial charge in [-0.3, -0.25) is 0 Å². The van der Waals surface area contributed by atoms with E-state index in [1.807, 2.05) is 0 Å². The van der Waals surface area contributed by atoms with Crippen molar-refractivity contribution in [3.05, 3.63) is 18.5 Å². The van der Waals surface area contributed by atoms with Gasteiger partial charge in [0.2, 0.25) is 0 Å². The molecule has 1 heterocycles. The molecule has 0 aliphatic carbocycles. The predicted octanol–water partition coefficient (Wildman–Crippen LogP) is -2.85. The lowest BCUT2D eigenvalue weighted by atomic mass is 10.4. The Hall–Kier alpha value is -0.350. The number of aryl methyl sites for hydroxylation is 2. The summed E-state index contributed by atoms with van der Waals surface area (Å²) < 4.78 is 4.36. The number of nitrogens with two attached hydrogens (primary N) is 1. The molecule has 3 nitrogen and oxygen atoms in total. The van der Waals surface area contributed by atoms with E-state index in [2.05, 4.69) is 34.7 Å². The van der Waals surface area contributed by atoms with E-state index in [9.17, 15) is 0 Å². The van der Waals surface area contributed by atoms with E-state index in [-0.39, 0.29) is 17.0 Å². The zero-order valence-electron chi connectivity index (χ0n) is 7.41. The maximum absolute atomic E-state index is 5.41. The molecule has 1 aromatic heterocycles. The fraction of sp³-hybridized carbons (Fsp3) is 0.625. The summed E-state index contributed by atoms with van der Waals surface area (Å²) in [6, 6.07) is 2.06. The maximum atomic E-state index is 5.41. The minimum absolute atomic E-state index is 0. The molecule has 0 atom stereocenters. The monoisotopic (exact) mass is 233 g/mol. The van der Waals surface area contributed by atoms with Gasteiger partial charge >= 0.3 is 0 Å². The fourth-order valence-corrected chi connectivity index (χ4v) is 1.15. The lowest BCUT2D eigenvalue weighted by molar-refractivity contribution is -0.775. The first-order valence-electron chi connectivity index (χ1n) is 4.13. The second-order valence-corrected chi connectivity index (χ2v) is 2.55. The van der Waals surface area contributed by atoms with Gasteiger partial charge in [0.1, 0.15) is 0 Å². The number of hydrogen-bond acceptors (Lipinski definition) is 1. The number of nitrogens with zero attached hydrogens (tertiary/aromatic N) is 2. The Morgan fingerprint density at radius 1 is 1.50 bits per heavy atom. The normalized spacial score (nSPS) is 9.50. The summed E-state index contributed by atoms with van der Waals surface area (Å²) >= 11 is 0. The van der Waals surface area contributed by atoms with Gasteiger partial charge in [0, 0.05) is 12.5 Å². The van der Waals surface area contributed by atoms with Crippen molar-refractivity contribution in [2.45, 2.75) is 26.4 Å². The van der Waals surface area contributed by atoms with E-state index >= 15 is 0 Å². The average Bonchev–Trinajstić information content (AvgIpc) is 2.47. The van der Waals surface area contributed by atoms with Crippen molar-refractivity contribution < 1.29 is 21.7 Å². The van der Waals surface area contributed by atoms with E-state index < -0.39 is 0 Å². The van der Waals surface area contributed by atoms with Crippen LogP contribution in [-0.2, 0) is 13.1 Å². The van der Waals surface area contributed by atoms with Gasteiger partial charge < -0.3 is 22.7 Å². The van der Waals surface area contributed by atoms with Crippen LogP contribution in [0.15, 0.2) is 18.5 Å². The quantitative estimate of drug-likeness (QED) is 0.559. The Labute approximate surface area is 83.9 Å². The fourth-order valence-electron chi connectivity index (χ4n) is 1.15. The molecule has 0 unspecified atom stereocenters. The largest absolute Gasteiger partial charge is 1.00 e. The minimum Gasteiger partial charge on any atom is -1.00 e. The van der Waals surface area contributed by atoms with E-state index in [0.717, 1.165) is 26.1 Å². The van der Waals surface area contributed by atoms with E-state index in [4.69, 9.17) is 5.73 Å². The Bertz CT molecular complexity index is 210. The molecule has 1 aromatic rings. The summed E-state index contributed by atoms with van der Waals surface area (Å²) in [6.45, 7) is 4.95. The molecule has 0 aliphatic heterocycles. The molecule has 0 amide bonds. The van der Waals surface area contributed by atoms with Gasteiger partial charge in [-0.15, -0.1) is 4.68 Å². The van der Waals surface area contributed by atoms with E-state index in [1.165, 1.54) is 0 Å². The third-order valence-corrected chi connectivity index (χ3v) is 1.76. The molecular weight excluding hydrogens is 218 g/mol. The first kappa shape index (κ1) is 11.6. The Morgan fingerprint density at radius 3 is 2.83 bits per heavy atom. The lowest BCUT2D eigenvalue weighted by Gasteiger charge is -1.97. The molecule has 0 bridgehead atoms. The van der Waals surface area contributed by atoms with Gasteiger partial charge in [0.25, 0.3) is 0 Å². The molecule has 0 fully saturated rings. The number of rotatable bonds is 4. The van der Waals surface area contributed by atoms with Gasteiger partial charge in [0.15, 0.2) is 12.7 Å². The van der Waals surface area contributed by atoms with Crippen LogP contribution in [0.3, 0.4) is 0 Å². The Kier molecular flexibility index (Phi) is 6.02. The molecule has 4 heteroatoms. The van der Waals surface area contributed by atoms with Gasteiger partial charge in [0.05, 0.1) is 12.7 Å². The van der Waals surface area contributed by atoms with Crippen LogP contribution in [0.4, 0.5) is 0 Å². The van der Waals surface area contributed by atoms with Crippen LogP contribution < -0.4 is 27.4 Å². The Morgan fingerprint density at radius 2 is 2.25 bits per heavy atom. The van der Waals surface area contributed by atoms with Crippen LogP contribution in [0.1, 0.15) is 13.3 Å². The minimum atomic E-state index is 0. The number of aromatic nitrogens is 2. The van der Waals surface area contributed by atoms with Gasteiger partial charge in [-0.1, -0.05) is 0 Å². The zero-order chi connectivity index (χ0) is 8.10. The second kappa shape index (κ2) is 6.20. The molecule has 0 aromatic carbocycles. The van der Waals surface area contributed by atoms with Crippen LogP contribution in [-0.4, -0.2) is 11.2 Å². The van der Waals surface area contributed by atoms with Gasteiger partial charge in [-0.25, -0.2) is 0 Å². The topological polar surface area (TPSA) is 34.8 Å². The van der Waals surface area contributed by atoms with Gasteiger partial charge in [-0.2, -0.15) is 4.68 Å². The molecule has 2 N–H and O–H groups in total. The third kappa shape index (κ3) is 2.95. The van der Waals surface area contributed by atoms with Crippen molar-refractivity contribution in [2.75, 3.05) is 6.54 Å². The smallest absolute Gasteiger partial charge is 0.195 e. The highest BCUT2D eigenvalue weighted by Crippen LogP contribution is 1.83. The number of halogens is 1. The summed E-state index contributed by atoms with van der Waals surface area (Å²) in [5, 5.41) is 0. The van der Waals surface area contributed by atoms with Crippen LogP contribution >= 0.6 is 0 Å². The van der Waals surface area contributed by atoms with E-state index in [0.29, 0.717) is 0 Å². The molecule has 12 heavy (non-hydrogen) atoms. The predicted molar refractivity (Wildman–Crippen MR) is 44.0 cm³/mol.